The van der Waals surface area contributed by atoms with Crippen molar-refractivity contribution in [1.82, 2.24) is 0 Å². The van der Waals surface area contributed by atoms with Gasteiger partial charge in [-0.2, -0.15) is 0 Å². The van der Waals surface area contributed by atoms with Crippen molar-refractivity contribution in [3.63, 3.8) is 0 Å². The van der Waals surface area contributed by atoms with Crippen molar-refractivity contribution >= 4 is 50.5 Å². The average Bonchev–Trinajstić information content (AvgIpc) is 3.36. The van der Waals surface area contributed by atoms with Crippen molar-refractivity contribution in [2.45, 2.75) is 6.92 Å². The number of hydrogen-bond acceptors (Lipinski definition) is 8. The summed E-state index contributed by atoms with van der Waals surface area (Å²) in [5, 5.41) is 2.06. The minimum Gasteiger partial charge on any atom is -0.465 e. The summed E-state index contributed by atoms with van der Waals surface area (Å²) in [5.74, 6) is -1.04. The third-order valence-electron chi connectivity index (χ3n) is 5.52. The van der Waals surface area contributed by atoms with Gasteiger partial charge in [-0.05, 0) is 54.5 Å². The maximum absolute atomic E-state index is 12.5. The highest BCUT2D eigenvalue weighted by atomic mass is 16.5. The normalized spacial score (nSPS) is 11.6. The SMILES string of the molecule is COC(=O)c1cc2cc(/C=C/C(=O)c3ccco3)c3c(ccc4c(C)cc(=O)oc43)c2oc1=O. The van der Waals surface area contributed by atoms with E-state index in [0.717, 1.165) is 7.11 Å². The van der Waals surface area contributed by atoms with E-state index in [1.807, 2.05) is 0 Å². The Morgan fingerprint density at radius 2 is 1.76 bits per heavy atom. The fraction of sp³-hybridized carbons (Fsp3) is 0.0769. The predicted octanol–water partition coefficient (Wildman–Crippen LogP) is 4.64. The van der Waals surface area contributed by atoms with Crippen LogP contribution in [0.4, 0.5) is 0 Å². The second-order valence-electron chi connectivity index (χ2n) is 7.61. The summed E-state index contributed by atoms with van der Waals surface area (Å²) < 4.78 is 20.9. The first-order valence-corrected chi connectivity index (χ1v) is 10.2. The number of allylic oxidation sites excluding steroid dienone is 1. The van der Waals surface area contributed by atoms with E-state index in [2.05, 4.69) is 4.74 Å². The molecule has 0 spiro atoms. The van der Waals surface area contributed by atoms with Crippen LogP contribution in [0.2, 0.25) is 0 Å². The molecule has 3 heterocycles. The van der Waals surface area contributed by atoms with Crippen molar-refractivity contribution in [1.29, 1.82) is 0 Å². The van der Waals surface area contributed by atoms with Gasteiger partial charge in [0.15, 0.2) is 5.76 Å². The highest BCUT2D eigenvalue weighted by molar-refractivity contribution is 6.18. The number of carbonyl (C=O) groups is 2. The van der Waals surface area contributed by atoms with Crippen molar-refractivity contribution in [2.75, 3.05) is 7.11 Å². The minimum absolute atomic E-state index is 0.160. The predicted molar refractivity (Wildman–Crippen MR) is 124 cm³/mol. The highest BCUT2D eigenvalue weighted by Crippen LogP contribution is 2.35. The average molecular weight is 456 g/mol. The Hall–Kier alpha value is -4.72. The monoisotopic (exact) mass is 456 g/mol. The van der Waals surface area contributed by atoms with E-state index in [-0.39, 0.29) is 28.3 Å². The molecule has 0 aliphatic heterocycles. The molecule has 168 valence electrons. The number of ether oxygens (including phenoxy) is 1. The molecule has 0 bridgehead atoms. The molecule has 0 unspecified atom stereocenters. The van der Waals surface area contributed by atoms with Crippen LogP contribution in [0.15, 0.2) is 77.6 Å². The van der Waals surface area contributed by atoms with Gasteiger partial charge in [0.1, 0.15) is 16.7 Å². The molecule has 8 nitrogen and oxygen atoms in total. The highest BCUT2D eigenvalue weighted by Gasteiger charge is 2.19. The maximum Gasteiger partial charge on any atom is 0.351 e. The van der Waals surface area contributed by atoms with Gasteiger partial charge in [0.05, 0.1) is 13.4 Å². The van der Waals surface area contributed by atoms with Crippen molar-refractivity contribution < 1.29 is 27.6 Å². The van der Waals surface area contributed by atoms with Crippen molar-refractivity contribution in [3.8, 4) is 0 Å². The fourth-order valence-corrected chi connectivity index (χ4v) is 3.95. The summed E-state index contributed by atoms with van der Waals surface area (Å²) in [6, 6.07) is 11.0. The van der Waals surface area contributed by atoms with Crippen LogP contribution < -0.4 is 11.3 Å². The largest absolute Gasteiger partial charge is 0.465 e. The van der Waals surface area contributed by atoms with Gasteiger partial charge in [0.2, 0.25) is 5.78 Å². The van der Waals surface area contributed by atoms with Crippen LogP contribution in [0.1, 0.15) is 32.0 Å². The van der Waals surface area contributed by atoms with E-state index in [4.69, 9.17) is 13.3 Å². The molecular weight excluding hydrogens is 440 g/mol. The first kappa shape index (κ1) is 21.1. The van der Waals surface area contributed by atoms with E-state index in [9.17, 15) is 19.2 Å². The van der Waals surface area contributed by atoms with Gasteiger partial charge in [-0.25, -0.2) is 14.4 Å². The molecule has 34 heavy (non-hydrogen) atoms. The fourth-order valence-electron chi connectivity index (χ4n) is 3.95. The Morgan fingerprint density at radius 1 is 0.971 bits per heavy atom. The molecule has 0 N–H and O–H groups in total. The number of benzene rings is 2. The number of aryl methyl sites for hydroxylation is 1. The molecule has 0 atom stereocenters. The van der Waals surface area contributed by atoms with Gasteiger partial charge in [0, 0.05) is 27.6 Å². The molecule has 0 saturated heterocycles. The minimum atomic E-state index is -0.859. The van der Waals surface area contributed by atoms with Crippen LogP contribution >= 0.6 is 0 Å². The van der Waals surface area contributed by atoms with Crippen LogP contribution in [0.25, 0.3) is 38.8 Å². The Labute approximate surface area is 190 Å². The van der Waals surface area contributed by atoms with Gasteiger partial charge in [-0.3, -0.25) is 4.79 Å². The van der Waals surface area contributed by atoms with Gasteiger partial charge >= 0.3 is 17.2 Å². The molecular formula is C26H16O8. The number of ketones is 1. The van der Waals surface area contributed by atoms with E-state index in [0.29, 0.717) is 32.7 Å². The van der Waals surface area contributed by atoms with Gasteiger partial charge in [-0.15, -0.1) is 0 Å². The summed E-state index contributed by atoms with van der Waals surface area (Å²) in [5.41, 5.74) is 0.0367. The zero-order valence-electron chi connectivity index (χ0n) is 18.0. The van der Waals surface area contributed by atoms with Crippen LogP contribution in [-0.4, -0.2) is 18.9 Å². The Balaban J connectivity index is 1.88. The summed E-state index contributed by atoms with van der Waals surface area (Å²) in [6.07, 6.45) is 4.28. The second-order valence-corrected chi connectivity index (χ2v) is 7.61. The molecule has 0 radical (unpaired) electrons. The zero-order chi connectivity index (χ0) is 24.0. The third kappa shape index (κ3) is 3.41. The van der Waals surface area contributed by atoms with Crippen molar-refractivity contribution in [3.05, 3.63) is 98.1 Å². The molecule has 0 saturated carbocycles. The van der Waals surface area contributed by atoms with E-state index in [1.165, 1.54) is 24.5 Å². The van der Waals surface area contributed by atoms with Crippen molar-refractivity contribution in [2.24, 2.45) is 0 Å². The first-order chi connectivity index (χ1) is 16.4. The molecule has 0 aliphatic carbocycles. The lowest BCUT2D eigenvalue weighted by molar-refractivity contribution is 0.0596. The van der Waals surface area contributed by atoms with Gasteiger partial charge in [-0.1, -0.05) is 12.1 Å². The topological polar surface area (TPSA) is 117 Å². The van der Waals surface area contributed by atoms with E-state index in [1.54, 1.807) is 43.3 Å². The van der Waals surface area contributed by atoms with E-state index < -0.39 is 17.2 Å². The van der Waals surface area contributed by atoms with Gasteiger partial charge in [0.25, 0.3) is 0 Å². The summed E-state index contributed by atoms with van der Waals surface area (Å²) in [7, 11) is 1.16. The third-order valence-corrected chi connectivity index (χ3v) is 5.52. The lowest BCUT2D eigenvalue weighted by Gasteiger charge is -2.11. The maximum atomic E-state index is 12.5. The summed E-state index contributed by atoms with van der Waals surface area (Å²) in [4.78, 5) is 49.2. The number of fused-ring (bicyclic) bond motifs is 5. The Kier molecular flexibility index (Phi) is 4.98. The second kappa shape index (κ2) is 8.00. The number of furan rings is 1. The van der Waals surface area contributed by atoms with E-state index >= 15 is 0 Å². The molecule has 3 aromatic heterocycles. The molecule has 0 amide bonds. The summed E-state index contributed by atoms with van der Waals surface area (Å²) >= 11 is 0. The molecule has 0 aliphatic rings. The molecule has 8 heteroatoms. The number of methoxy groups -OCH3 is 1. The Bertz CT molecular complexity index is 1770. The number of rotatable bonds is 4. The molecule has 0 fully saturated rings. The van der Waals surface area contributed by atoms with Crippen LogP contribution in [0.3, 0.4) is 0 Å². The Morgan fingerprint density at radius 3 is 2.50 bits per heavy atom. The molecule has 5 rings (SSSR count). The zero-order valence-corrected chi connectivity index (χ0v) is 18.0. The number of carbonyl (C=O) groups excluding carboxylic acids is 2. The number of hydrogen-bond donors (Lipinski definition) is 0. The lowest BCUT2D eigenvalue weighted by atomic mass is 9.96. The summed E-state index contributed by atoms with van der Waals surface area (Å²) in [6.45, 7) is 1.78. The number of esters is 1. The smallest absolute Gasteiger partial charge is 0.351 e. The van der Waals surface area contributed by atoms with Crippen LogP contribution in [0.5, 0.6) is 0 Å². The molecule has 5 aromatic rings. The lowest BCUT2D eigenvalue weighted by Crippen LogP contribution is -2.15. The van der Waals surface area contributed by atoms with Gasteiger partial charge < -0.3 is 18.0 Å². The first-order valence-electron chi connectivity index (χ1n) is 10.2. The van der Waals surface area contributed by atoms with Crippen LogP contribution in [0, 0.1) is 6.92 Å². The van der Waals surface area contributed by atoms with Crippen LogP contribution in [-0.2, 0) is 4.74 Å². The molecule has 2 aromatic carbocycles. The standard InChI is InChI=1S/C26H16O8/c1-13-10-21(28)33-24-16(13)6-7-17-22(24)14(5-8-19(27)20-4-3-9-32-20)11-15-12-18(25(29)31-2)26(30)34-23(15)17/h3-12H,1-2H3/b8-5+. The quantitative estimate of drug-likeness (QED) is 0.126.